The molecule has 2 aromatic rings. The second kappa shape index (κ2) is 4.98. The molecular weight excluding hydrogens is 247 g/mol. The third-order valence-corrected chi connectivity index (χ3v) is 3.57. The van der Waals surface area contributed by atoms with Crippen LogP contribution >= 0.6 is 11.3 Å². The summed E-state index contributed by atoms with van der Waals surface area (Å²) in [4.78, 5) is 8.99. The summed E-state index contributed by atoms with van der Waals surface area (Å²) in [7, 11) is 0. The summed E-state index contributed by atoms with van der Waals surface area (Å²) in [6.45, 7) is 5.95. The van der Waals surface area contributed by atoms with Crippen molar-refractivity contribution in [2.24, 2.45) is 4.99 Å². The first-order valence-electron chi connectivity index (χ1n) is 5.75. The maximum Gasteiger partial charge on any atom is 0.123 e. The predicted octanol–water partition coefficient (Wildman–Crippen LogP) is 4.28. The van der Waals surface area contributed by atoms with E-state index in [0.717, 1.165) is 16.3 Å². The van der Waals surface area contributed by atoms with Gasteiger partial charge in [0.05, 0.1) is 11.2 Å². The second-order valence-electron chi connectivity index (χ2n) is 4.49. The zero-order valence-electron chi connectivity index (χ0n) is 10.6. The highest BCUT2D eigenvalue weighted by Crippen LogP contribution is 2.30. The van der Waals surface area contributed by atoms with Crippen LogP contribution in [0.5, 0.6) is 0 Å². The van der Waals surface area contributed by atoms with E-state index in [9.17, 15) is 4.39 Å². The molecule has 0 bridgehead atoms. The minimum atomic E-state index is -0.316. The van der Waals surface area contributed by atoms with Gasteiger partial charge in [0, 0.05) is 10.9 Å². The summed E-state index contributed by atoms with van der Waals surface area (Å²) < 4.78 is 12.9. The molecule has 0 fully saturated rings. The van der Waals surface area contributed by atoms with Crippen molar-refractivity contribution in [1.82, 2.24) is 4.98 Å². The number of hydrogen-bond donors (Lipinski definition) is 0. The number of aliphatic imine (C=N–C) groups is 1. The third-order valence-electron chi connectivity index (χ3n) is 2.67. The fourth-order valence-corrected chi connectivity index (χ4v) is 2.66. The molecule has 0 saturated carbocycles. The van der Waals surface area contributed by atoms with Gasteiger partial charge >= 0.3 is 0 Å². The van der Waals surface area contributed by atoms with E-state index in [1.165, 1.54) is 12.1 Å². The molecule has 1 aromatic heterocycles. The lowest BCUT2D eigenvalue weighted by atomic mass is 10.0. The van der Waals surface area contributed by atoms with Crippen molar-refractivity contribution in [1.29, 1.82) is 0 Å². The van der Waals surface area contributed by atoms with Crippen molar-refractivity contribution in [3.05, 3.63) is 41.2 Å². The molecule has 0 aliphatic heterocycles. The number of rotatable bonds is 3. The number of halogens is 1. The van der Waals surface area contributed by atoms with Crippen LogP contribution in [0.1, 0.15) is 26.5 Å². The summed E-state index contributed by atoms with van der Waals surface area (Å²) in [5, 5.41) is 2.90. The van der Waals surface area contributed by atoms with Crippen molar-refractivity contribution in [3.63, 3.8) is 0 Å². The molecule has 0 unspecified atom stereocenters. The van der Waals surface area contributed by atoms with E-state index in [2.05, 4.69) is 9.98 Å². The van der Waals surface area contributed by atoms with E-state index < -0.39 is 0 Å². The van der Waals surface area contributed by atoms with Crippen LogP contribution < -0.4 is 0 Å². The number of nitrogens with zero attached hydrogens (tertiary/aromatic N) is 2. The standard InChI is InChI=1S/C14H15FN2S/c1-4-16-14(2,3)12-9-18-13(17-12)10-5-7-11(15)8-6-10/h4-9H,1-3H3. The second-order valence-corrected chi connectivity index (χ2v) is 5.35. The molecule has 0 spiro atoms. The maximum absolute atomic E-state index is 12.9. The molecule has 4 heteroatoms. The van der Waals surface area contributed by atoms with Crippen LogP contribution in [-0.4, -0.2) is 11.2 Å². The number of thiazole rings is 1. The first kappa shape index (κ1) is 12.9. The molecule has 94 valence electrons. The zero-order valence-corrected chi connectivity index (χ0v) is 11.5. The molecule has 0 amide bonds. The molecular formula is C14H15FN2S. The van der Waals surface area contributed by atoms with Gasteiger partial charge in [-0.2, -0.15) is 0 Å². The van der Waals surface area contributed by atoms with E-state index in [-0.39, 0.29) is 11.4 Å². The molecule has 2 nitrogen and oxygen atoms in total. The Kier molecular flexibility index (Phi) is 3.57. The monoisotopic (exact) mass is 262 g/mol. The van der Waals surface area contributed by atoms with E-state index in [4.69, 9.17) is 0 Å². The molecule has 2 rings (SSSR count). The lowest BCUT2D eigenvalue weighted by Gasteiger charge is -2.16. The van der Waals surface area contributed by atoms with Crippen molar-refractivity contribution in [2.75, 3.05) is 0 Å². The molecule has 1 aromatic carbocycles. The zero-order chi connectivity index (χ0) is 13.2. The minimum absolute atomic E-state index is 0.230. The Morgan fingerprint density at radius 3 is 2.56 bits per heavy atom. The van der Waals surface area contributed by atoms with Gasteiger partial charge in [0.2, 0.25) is 0 Å². The molecule has 0 N–H and O–H groups in total. The van der Waals surface area contributed by atoms with Crippen LogP contribution in [0, 0.1) is 5.82 Å². The predicted molar refractivity (Wildman–Crippen MR) is 74.7 cm³/mol. The Balaban J connectivity index is 2.33. The average molecular weight is 262 g/mol. The van der Waals surface area contributed by atoms with E-state index in [1.54, 1.807) is 29.7 Å². The smallest absolute Gasteiger partial charge is 0.123 e. The summed E-state index contributed by atoms with van der Waals surface area (Å²) in [6.07, 6.45) is 1.79. The number of benzene rings is 1. The SMILES string of the molecule is CC=NC(C)(C)c1csc(-c2ccc(F)cc2)n1. The number of aromatic nitrogens is 1. The molecule has 18 heavy (non-hydrogen) atoms. The third kappa shape index (κ3) is 2.64. The van der Waals surface area contributed by atoms with E-state index in [1.807, 2.05) is 26.2 Å². The lowest BCUT2D eigenvalue weighted by Crippen LogP contribution is -2.14. The van der Waals surface area contributed by atoms with Crippen LogP contribution in [-0.2, 0) is 5.54 Å². The molecule has 0 aliphatic carbocycles. The van der Waals surface area contributed by atoms with Crippen LogP contribution in [0.2, 0.25) is 0 Å². The van der Waals surface area contributed by atoms with Gasteiger partial charge in [0.15, 0.2) is 0 Å². The minimum Gasteiger partial charge on any atom is -0.285 e. The molecule has 1 heterocycles. The molecule has 0 atom stereocenters. The fraction of sp³-hybridized carbons (Fsp3) is 0.286. The normalized spacial score (nSPS) is 12.2. The van der Waals surface area contributed by atoms with Crippen LogP contribution in [0.3, 0.4) is 0 Å². The van der Waals surface area contributed by atoms with Gasteiger partial charge in [0.1, 0.15) is 10.8 Å². The Morgan fingerprint density at radius 2 is 1.94 bits per heavy atom. The summed E-state index contributed by atoms with van der Waals surface area (Å²) >= 11 is 1.55. The van der Waals surface area contributed by atoms with Crippen molar-refractivity contribution in [3.8, 4) is 10.6 Å². The molecule has 0 saturated heterocycles. The van der Waals surface area contributed by atoms with Gasteiger partial charge in [-0.25, -0.2) is 9.37 Å². The van der Waals surface area contributed by atoms with Crippen molar-refractivity contribution >= 4 is 17.6 Å². The Hall–Kier alpha value is -1.55. The van der Waals surface area contributed by atoms with Gasteiger partial charge in [-0.05, 0) is 51.3 Å². The van der Waals surface area contributed by atoms with Crippen LogP contribution in [0.25, 0.3) is 10.6 Å². The van der Waals surface area contributed by atoms with Crippen LogP contribution in [0.15, 0.2) is 34.6 Å². The molecule has 0 aliphatic rings. The molecule has 0 radical (unpaired) electrons. The average Bonchev–Trinajstić information content (AvgIpc) is 2.80. The van der Waals surface area contributed by atoms with Crippen molar-refractivity contribution < 1.29 is 4.39 Å². The van der Waals surface area contributed by atoms with Gasteiger partial charge in [-0.3, -0.25) is 4.99 Å². The van der Waals surface area contributed by atoms with Gasteiger partial charge in [-0.1, -0.05) is 0 Å². The summed E-state index contributed by atoms with van der Waals surface area (Å²) in [5.41, 5.74) is 1.55. The topological polar surface area (TPSA) is 25.2 Å². The van der Waals surface area contributed by atoms with Gasteiger partial charge in [-0.15, -0.1) is 11.3 Å². The van der Waals surface area contributed by atoms with Gasteiger partial charge < -0.3 is 0 Å². The fourth-order valence-electron chi connectivity index (χ4n) is 1.67. The highest BCUT2D eigenvalue weighted by atomic mass is 32.1. The van der Waals surface area contributed by atoms with Gasteiger partial charge in [0.25, 0.3) is 0 Å². The van der Waals surface area contributed by atoms with E-state index >= 15 is 0 Å². The summed E-state index contributed by atoms with van der Waals surface area (Å²) in [5.74, 6) is -0.230. The lowest BCUT2D eigenvalue weighted by molar-refractivity contribution is 0.545. The van der Waals surface area contributed by atoms with Crippen LogP contribution in [0.4, 0.5) is 4.39 Å². The number of hydrogen-bond acceptors (Lipinski definition) is 3. The van der Waals surface area contributed by atoms with E-state index in [0.29, 0.717) is 0 Å². The maximum atomic E-state index is 12.9. The van der Waals surface area contributed by atoms with Crippen molar-refractivity contribution in [2.45, 2.75) is 26.3 Å². The first-order chi connectivity index (χ1) is 8.53. The Morgan fingerprint density at radius 1 is 1.28 bits per heavy atom. The highest BCUT2D eigenvalue weighted by molar-refractivity contribution is 7.13. The largest absolute Gasteiger partial charge is 0.285 e. The quantitative estimate of drug-likeness (QED) is 0.758. The first-order valence-corrected chi connectivity index (χ1v) is 6.62. The summed E-state index contributed by atoms with van der Waals surface area (Å²) in [6, 6.07) is 6.39. The highest BCUT2D eigenvalue weighted by Gasteiger charge is 2.21. The Bertz CT molecular complexity index is 555. The Labute approximate surface area is 110 Å².